The fraction of sp³-hybridized carbons (Fsp3) is 0.381. The highest BCUT2D eigenvalue weighted by atomic mass is 32.2. The van der Waals surface area contributed by atoms with E-state index in [1.807, 2.05) is 59.5 Å². The van der Waals surface area contributed by atoms with Crippen LogP contribution < -0.4 is 14.8 Å². The van der Waals surface area contributed by atoms with E-state index in [0.29, 0.717) is 37.7 Å². The third kappa shape index (κ3) is 4.71. The van der Waals surface area contributed by atoms with E-state index in [-0.39, 0.29) is 23.5 Å². The number of fused-ring (bicyclic) bond motifs is 1. The number of para-hydroxylation sites is 2. The molecular weight excluding hydrogens is 392 g/mol. The number of hydrogen-bond acceptors (Lipinski definition) is 6. The molecule has 1 fully saturated rings. The quantitative estimate of drug-likeness (QED) is 0.794. The highest BCUT2D eigenvalue weighted by molar-refractivity contribution is 7.91. The fourth-order valence-corrected chi connectivity index (χ4v) is 4.85. The van der Waals surface area contributed by atoms with Crippen LogP contribution in [0.5, 0.6) is 11.5 Å². The van der Waals surface area contributed by atoms with Crippen LogP contribution in [0, 0.1) is 0 Å². The van der Waals surface area contributed by atoms with Crippen molar-refractivity contribution >= 4 is 15.7 Å². The Morgan fingerprint density at radius 3 is 2.41 bits per heavy atom. The zero-order valence-corrected chi connectivity index (χ0v) is 16.8. The van der Waals surface area contributed by atoms with Crippen molar-refractivity contribution in [2.24, 2.45) is 0 Å². The second-order valence-electron chi connectivity index (χ2n) is 7.24. The van der Waals surface area contributed by atoms with Crippen molar-refractivity contribution in [1.82, 2.24) is 10.2 Å². The van der Waals surface area contributed by atoms with Crippen LogP contribution in [0.4, 0.5) is 0 Å². The Morgan fingerprint density at radius 1 is 1.03 bits per heavy atom. The molecule has 2 aliphatic heterocycles. The Bertz CT molecular complexity index is 950. The maximum atomic E-state index is 13.1. The van der Waals surface area contributed by atoms with Crippen molar-refractivity contribution in [2.45, 2.75) is 12.1 Å². The molecule has 2 aromatic carbocycles. The minimum atomic E-state index is -3.02. The Kier molecular flexibility index (Phi) is 5.73. The largest absolute Gasteiger partial charge is 0.486 e. The van der Waals surface area contributed by atoms with Crippen LogP contribution in [-0.2, 0) is 14.6 Å². The molecule has 0 aliphatic carbocycles. The van der Waals surface area contributed by atoms with Crippen LogP contribution >= 0.6 is 0 Å². The van der Waals surface area contributed by atoms with E-state index in [2.05, 4.69) is 5.32 Å². The average molecular weight is 416 g/mol. The molecule has 1 saturated heterocycles. The molecule has 4 rings (SSSR count). The van der Waals surface area contributed by atoms with Crippen LogP contribution in [0.1, 0.15) is 11.6 Å². The number of carbonyl (C=O) groups is 1. The highest BCUT2D eigenvalue weighted by Crippen LogP contribution is 2.30. The van der Waals surface area contributed by atoms with Crippen molar-refractivity contribution in [3.8, 4) is 11.5 Å². The summed E-state index contributed by atoms with van der Waals surface area (Å²) >= 11 is 0. The monoisotopic (exact) mass is 416 g/mol. The summed E-state index contributed by atoms with van der Waals surface area (Å²) in [6, 6.07) is 16.3. The van der Waals surface area contributed by atoms with Gasteiger partial charge in [-0.15, -0.1) is 0 Å². The predicted molar refractivity (Wildman–Crippen MR) is 109 cm³/mol. The van der Waals surface area contributed by atoms with Crippen molar-refractivity contribution in [3.05, 3.63) is 60.2 Å². The number of carbonyl (C=O) groups excluding carboxylic acids is 1. The van der Waals surface area contributed by atoms with Gasteiger partial charge in [-0.25, -0.2) is 8.42 Å². The number of rotatable bonds is 5. The van der Waals surface area contributed by atoms with Crippen LogP contribution in [0.15, 0.2) is 54.6 Å². The van der Waals surface area contributed by atoms with E-state index in [9.17, 15) is 13.2 Å². The van der Waals surface area contributed by atoms with E-state index in [1.165, 1.54) is 0 Å². The number of ether oxygens (including phenoxy) is 2. The molecule has 2 unspecified atom stereocenters. The van der Waals surface area contributed by atoms with E-state index in [4.69, 9.17) is 9.47 Å². The smallest absolute Gasteiger partial charge is 0.242 e. The summed E-state index contributed by atoms with van der Waals surface area (Å²) in [4.78, 5) is 15.0. The van der Waals surface area contributed by atoms with E-state index in [0.717, 1.165) is 5.56 Å². The van der Waals surface area contributed by atoms with Crippen LogP contribution in [0.25, 0.3) is 0 Å². The van der Waals surface area contributed by atoms with Gasteiger partial charge < -0.3 is 14.8 Å². The summed E-state index contributed by atoms with van der Waals surface area (Å²) in [7, 11) is -3.02. The van der Waals surface area contributed by atoms with E-state index in [1.54, 1.807) is 0 Å². The van der Waals surface area contributed by atoms with E-state index >= 15 is 0 Å². The number of sulfone groups is 1. The van der Waals surface area contributed by atoms with Gasteiger partial charge in [0, 0.05) is 13.1 Å². The molecule has 2 aliphatic rings. The zero-order chi connectivity index (χ0) is 20.3. The maximum absolute atomic E-state index is 13.1. The summed E-state index contributed by atoms with van der Waals surface area (Å²) in [5.74, 6) is 1.34. The van der Waals surface area contributed by atoms with Crippen molar-refractivity contribution in [3.63, 3.8) is 0 Å². The lowest BCUT2D eigenvalue weighted by atomic mass is 10.0. The molecule has 2 aromatic rings. The first-order chi connectivity index (χ1) is 14.0. The van der Waals surface area contributed by atoms with Crippen molar-refractivity contribution in [1.29, 1.82) is 0 Å². The van der Waals surface area contributed by atoms with Crippen molar-refractivity contribution < 1.29 is 22.7 Å². The second-order valence-corrected chi connectivity index (χ2v) is 9.55. The molecule has 0 bridgehead atoms. The Hall–Kier alpha value is -2.58. The Balaban J connectivity index is 1.43. The standard InChI is InChI=1S/C21H24N2O5S/c24-21(22-14-17-15-27-18-8-4-5-9-19(18)28-17)20(16-6-2-1-3-7-16)23-10-12-29(25,26)13-11-23/h1-9,17,20H,10-15H2,(H,22,24). The van der Waals surface area contributed by atoms with Gasteiger partial charge in [0.15, 0.2) is 21.3 Å². The maximum Gasteiger partial charge on any atom is 0.242 e. The topological polar surface area (TPSA) is 84.9 Å². The summed E-state index contributed by atoms with van der Waals surface area (Å²) in [6.07, 6.45) is -0.285. The van der Waals surface area contributed by atoms with Gasteiger partial charge in [0.2, 0.25) is 5.91 Å². The third-order valence-corrected chi connectivity index (χ3v) is 6.79. The lowest BCUT2D eigenvalue weighted by Crippen LogP contribution is -2.49. The molecule has 1 N–H and O–H groups in total. The molecule has 154 valence electrons. The number of amides is 1. The highest BCUT2D eigenvalue weighted by Gasteiger charge is 2.33. The molecule has 7 nitrogen and oxygen atoms in total. The number of benzene rings is 2. The predicted octanol–water partition coefficient (Wildman–Crippen LogP) is 1.41. The number of nitrogens with one attached hydrogen (secondary N) is 1. The summed E-state index contributed by atoms with van der Waals surface area (Å²) < 4.78 is 35.2. The Morgan fingerprint density at radius 2 is 1.69 bits per heavy atom. The first-order valence-electron chi connectivity index (χ1n) is 9.67. The molecular formula is C21H24N2O5S. The van der Waals surface area contributed by atoms with Crippen LogP contribution in [0.3, 0.4) is 0 Å². The first-order valence-corrected chi connectivity index (χ1v) is 11.5. The molecule has 0 spiro atoms. The average Bonchev–Trinajstić information content (AvgIpc) is 2.74. The van der Waals surface area contributed by atoms with Crippen molar-refractivity contribution in [2.75, 3.05) is 37.7 Å². The molecule has 1 amide bonds. The van der Waals surface area contributed by atoms with Gasteiger partial charge in [0.05, 0.1) is 18.1 Å². The number of nitrogens with zero attached hydrogens (tertiary/aromatic N) is 1. The minimum absolute atomic E-state index is 0.0694. The van der Waals surface area contributed by atoms with Crippen LogP contribution in [0.2, 0.25) is 0 Å². The third-order valence-electron chi connectivity index (χ3n) is 5.18. The Labute approximate surface area is 170 Å². The first kappa shape index (κ1) is 19.7. The van der Waals surface area contributed by atoms with Gasteiger partial charge >= 0.3 is 0 Å². The van der Waals surface area contributed by atoms with Gasteiger partial charge in [-0.2, -0.15) is 0 Å². The second kappa shape index (κ2) is 8.42. The number of hydrogen-bond donors (Lipinski definition) is 1. The van der Waals surface area contributed by atoms with Gasteiger partial charge in [-0.1, -0.05) is 42.5 Å². The van der Waals surface area contributed by atoms with Crippen LogP contribution in [-0.4, -0.2) is 63.1 Å². The lowest BCUT2D eigenvalue weighted by Gasteiger charge is -2.34. The van der Waals surface area contributed by atoms with Gasteiger partial charge in [0.1, 0.15) is 18.8 Å². The minimum Gasteiger partial charge on any atom is -0.486 e. The van der Waals surface area contributed by atoms with E-state index < -0.39 is 15.9 Å². The normalized spacial score (nSPS) is 21.9. The fourth-order valence-electron chi connectivity index (χ4n) is 3.62. The molecule has 0 radical (unpaired) electrons. The van der Waals surface area contributed by atoms with Gasteiger partial charge in [0.25, 0.3) is 0 Å². The molecule has 29 heavy (non-hydrogen) atoms. The lowest BCUT2D eigenvalue weighted by molar-refractivity contribution is -0.127. The van der Waals surface area contributed by atoms with Gasteiger partial charge in [-0.3, -0.25) is 9.69 Å². The molecule has 0 saturated carbocycles. The summed E-state index contributed by atoms with van der Waals surface area (Å²) in [6.45, 7) is 1.34. The summed E-state index contributed by atoms with van der Waals surface area (Å²) in [5, 5.41) is 2.96. The molecule has 2 heterocycles. The summed E-state index contributed by atoms with van der Waals surface area (Å²) in [5.41, 5.74) is 0.843. The van der Waals surface area contributed by atoms with Gasteiger partial charge in [-0.05, 0) is 17.7 Å². The molecule has 8 heteroatoms. The zero-order valence-electron chi connectivity index (χ0n) is 16.0. The molecule has 2 atom stereocenters. The SMILES string of the molecule is O=C(NCC1COc2ccccc2O1)C(c1ccccc1)N1CCS(=O)(=O)CC1. The molecule has 0 aromatic heterocycles.